The van der Waals surface area contributed by atoms with Crippen LogP contribution in [0.1, 0.15) is 20.3 Å². The van der Waals surface area contributed by atoms with Crippen LogP contribution in [0.3, 0.4) is 0 Å². The van der Waals surface area contributed by atoms with E-state index in [-0.39, 0.29) is 26.1 Å². The Kier molecular flexibility index (Phi) is 5.01. The maximum absolute atomic E-state index is 13.3. The van der Waals surface area contributed by atoms with Crippen molar-refractivity contribution in [3.63, 3.8) is 0 Å². The van der Waals surface area contributed by atoms with E-state index in [1.54, 1.807) is 6.92 Å². The predicted molar refractivity (Wildman–Crippen MR) is 65.0 cm³/mol. The highest BCUT2D eigenvalue weighted by Gasteiger charge is 2.62. The molecule has 0 aromatic rings. The van der Waals surface area contributed by atoms with E-state index in [4.69, 9.17) is 5.11 Å². The minimum absolute atomic E-state index is 0.0499. The van der Waals surface area contributed by atoms with Gasteiger partial charge in [0, 0.05) is 19.6 Å². The normalized spacial score (nSPS) is 24.4. The summed E-state index contributed by atoms with van der Waals surface area (Å²) in [5.41, 5.74) is -2.43. The van der Waals surface area contributed by atoms with E-state index >= 15 is 0 Å². The zero-order valence-electron chi connectivity index (χ0n) is 11.5. The molecule has 8 heteroatoms. The number of carbonyl (C=O) groups excluding carboxylic acids is 1. The average Bonchev–Trinajstić information content (AvgIpc) is 2.84. The Morgan fingerprint density at radius 2 is 2.05 bits per heavy atom. The summed E-state index contributed by atoms with van der Waals surface area (Å²) in [6.45, 7) is 2.41. The second kappa shape index (κ2) is 5.99. The van der Waals surface area contributed by atoms with Crippen LogP contribution in [-0.4, -0.2) is 54.2 Å². The van der Waals surface area contributed by atoms with Gasteiger partial charge >= 0.3 is 12.1 Å². The lowest BCUT2D eigenvalue weighted by Gasteiger charge is -2.35. The van der Waals surface area contributed by atoms with Crippen LogP contribution in [0, 0.1) is 11.3 Å². The van der Waals surface area contributed by atoms with E-state index in [2.05, 4.69) is 5.32 Å². The number of carboxylic acid groups (broad SMARTS) is 1. The molecule has 0 aliphatic carbocycles. The lowest BCUT2D eigenvalue weighted by atomic mass is 9.84. The van der Waals surface area contributed by atoms with Gasteiger partial charge in [-0.3, -0.25) is 9.59 Å². The fourth-order valence-corrected chi connectivity index (χ4v) is 2.30. The molecule has 2 unspecified atom stereocenters. The summed E-state index contributed by atoms with van der Waals surface area (Å²) in [5, 5.41) is 11.4. The third kappa shape index (κ3) is 3.05. The van der Waals surface area contributed by atoms with Crippen molar-refractivity contribution in [2.45, 2.75) is 26.4 Å². The van der Waals surface area contributed by atoms with E-state index in [1.807, 2.05) is 0 Å². The quantitative estimate of drug-likeness (QED) is 0.797. The maximum Gasteiger partial charge on any atom is 0.404 e. The Morgan fingerprint density at radius 1 is 1.45 bits per heavy atom. The van der Waals surface area contributed by atoms with Gasteiger partial charge < -0.3 is 15.3 Å². The molecule has 1 aliphatic rings. The predicted octanol–water partition coefficient (Wildman–Crippen LogP) is 1.10. The van der Waals surface area contributed by atoms with Gasteiger partial charge in [-0.2, -0.15) is 13.2 Å². The van der Waals surface area contributed by atoms with Crippen molar-refractivity contribution in [2.24, 2.45) is 11.3 Å². The SMILES string of the molecule is CCN(CC(C)C(=O)O)C(=O)C1(C(F)(F)F)CCNC1. The Hall–Kier alpha value is -1.31. The molecule has 0 aromatic carbocycles. The van der Waals surface area contributed by atoms with Crippen LogP contribution in [0.2, 0.25) is 0 Å². The molecule has 116 valence electrons. The van der Waals surface area contributed by atoms with Crippen LogP contribution in [-0.2, 0) is 9.59 Å². The number of nitrogens with one attached hydrogen (secondary N) is 1. The van der Waals surface area contributed by atoms with Crippen LogP contribution in [0.5, 0.6) is 0 Å². The number of nitrogens with zero attached hydrogens (tertiary/aromatic N) is 1. The van der Waals surface area contributed by atoms with E-state index in [1.165, 1.54) is 6.92 Å². The molecule has 0 aromatic heterocycles. The van der Waals surface area contributed by atoms with Gasteiger partial charge in [0.05, 0.1) is 5.92 Å². The van der Waals surface area contributed by atoms with Gasteiger partial charge in [0.2, 0.25) is 5.91 Å². The molecule has 20 heavy (non-hydrogen) atoms. The Balaban J connectivity index is 2.96. The van der Waals surface area contributed by atoms with Gasteiger partial charge in [-0.25, -0.2) is 0 Å². The molecular weight excluding hydrogens is 277 g/mol. The molecule has 0 bridgehead atoms. The zero-order chi connectivity index (χ0) is 15.6. The van der Waals surface area contributed by atoms with Crippen LogP contribution < -0.4 is 5.32 Å². The molecule has 2 N–H and O–H groups in total. The largest absolute Gasteiger partial charge is 0.481 e. The number of carboxylic acids is 1. The monoisotopic (exact) mass is 296 g/mol. The zero-order valence-corrected chi connectivity index (χ0v) is 11.5. The van der Waals surface area contributed by atoms with Gasteiger partial charge in [0.25, 0.3) is 0 Å². The highest BCUT2D eigenvalue weighted by atomic mass is 19.4. The van der Waals surface area contributed by atoms with Crippen LogP contribution in [0.4, 0.5) is 13.2 Å². The number of carbonyl (C=O) groups is 2. The molecule has 2 atom stereocenters. The van der Waals surface area contributed by atoms with Crippen molar-refractivity contribution in [2.75, 3.05) is 26.2 Å². The van der Waals surface area contributed by atoms with E-state index < -0.39 is 35.9 Å². The number of amides is 1. The van der Waals surface area contributed by atoms with Crippen molar-refractivity contribution in [1.82, 2.24) is 10.2 Å². The number of rotatable bonds is 5. The first-order chi connectivity index (χ1) is 9.15. The second-order valence-electron chi connectivity index (χ2n) is 5.09. The summed E-state index contributed by atoms with van der Waals surface area (Å²) < 4.78 is 39.8. The Labute approximate surface area is 115 Å². The summed E-state index contributed by atoms with van der Waals surface area (Å²) in [6.07, 6.45) is -4.96. The molecular formula is C12H19F3N2O3. The number of aliphatic carboxylic acids is 1. The van der Waals surface area contributed by atoms with Crippen molar-refractivity contribution < 1.29 is 27.9 Å². The lowest BCUT2D eigenvalue weighted by molar-refractivity contribution is -0.221. The molecule has 1 rings (SSSR count). The fraction of sp³-hybridized carbons (Fsp3) is 0.833. The minimum atomic E-state index is -4.65. The topological polar surface area (TPSA) is 69.6 Å². The highest BCUT2D eigenvalue weighted by molar-refractivity contribution is 5.85. The first-order valence-corrected chi connectivity index (χ1v) is 6.45. The number of hydrogen-bond acceptors (Lipinski definition) is 3. The molecule has 1 heterocycles. The minimum Gasteiger partial charge on any atom is -0.481 e. The van der Waals surface area contributed by atoms with Gasteiger partial charge in [0.1, 0.15) is 0 Å². The molecule has 0 saturated carbocycles. The molecule has 1 fully saturated rings. The summed E-state index contributed by atoms with van der Waals surface area (Å²) >= 11 is 0. The molecule has 1 aliphatic heterocycles. The van der Waals surface area contributed by atoms with Gasteiger partial charge in [-0.05, 0) is 19.9 Å². The van der Waals surface area contributed by atoms with Crippen molar-refractivity contribution >= 4 is 11.9 Å². The number of halogens is 3. The standard InChI is InChI=1S/C12H19F3N2O3/c1-3-17(6-8(2)9(18)19)10(20)11(12(13,14)15)4-5-16-7-11/h8,16H,3-7H2,1-2H3,(H,18,19). The van der Waals surface area contributed by atoms with E-state index in [9.17, 15) is 22.8 Å². The first kappa shape index (κ1) is 16.7. The Bertz CT molecular complexity index is 379. The molecule has 0 radical (unpaired) electrons. The summed E-state index contributed by atoms with van der Waals surface area (Å²) in [7, 11) is 0. The van der Waals surface area contributed by atoms with Crippen LogP contribution in [0.15, 0.2) is 0 Å². The van der Waals surface area contributed by atoms with Gasteiger partial charge in [-0.15, -0.1) is 0 Å². The van der Waals surface area contributed by atoms with Crippen LogP contribution >= 0.6 is 0 Å². The molecule has 1 saturated heterocycles. The van der Waals surface area contributed by atoms with Gasteiger partial charge in [-0.1, -0.05) is 6.92 Å². The second-order valence-corrected chi connectivity index (χ2v) is 5.09. The summed E-state index contributed by atoms with van der Waals surface area (Å²) in [5.74, 6) is -3.08. The number of hydrogen-bond donors (Lipinski definition) is 2. The molecule has 5 nitrogen and oxygen atoms in total. The smallest absolute Gasteiger partial charge is 0.404 e. The summed E-state index contributed by atoms with van der Waals surface area (Å²) in [4.78, 5) is 24.1. The third-order valence-corrected chi connectivity index (χ3v) is 3.69. The average molecular weight is 296 g/mol. The van der Waals surface area contributed by atoms with Crippen LogP contribution in [0.25, 0.3) is 0 Å². The van der Waals surface area contributed by atoms with Crippen molar-refractivity contribution in [3.05, 3.63) is 0 Å². The highest BCUT2D eigenvalue weighted by Crippen LogP contribution is 2.44. The van der Waals surface area contributed by atoms with Crippen molar-refractivity contribution in [3.8, 4) is 0 Å². The third-order valence-electron chi connectivity index (χ3n) is 3.69. The first-order valence-electron chi connectivity index (χ1n) is 6.45. The molecule has 0 spiro atoms. The van der Waals surface area contributed by atoms with Gasteiger partial charge in [0.15, 0.2) is 5.41 Å². The fourth-order valence-electron chi connectivity index (χ4n) is 2.30. The van der Waals surface area contributed by atoms with E-state index in [0.29, 0.717) is 0 Å². The lowest BCUT2D eigenvalue weighted by Crippen LogP contribution is -2.54. The maximum atomic E-state index is 13.3. The Morgan fingerprint density at radius 3 is 2.40 bits per heavy atom. The summed E-state index contributed by atoms with van der Waals surface area (Å²) in [6, 6.07) is 0. The number of alkyl halides is 3. The van der Waals surface area contributed by atoms with E-state index in [0.717, 1.165) is 4.90 Å². The molecule has 1 amide bonds. The van der Waals surface area contributed by atoms with Crippen molar-refractivity contribution in [1.29, 1.82) is 0 Å².